The first-order valence-electron chi connectivity index (χ1n) is 8.67. The summed E-state index contributed by atoms with van der Waals surface area (Å²) in [6.07, 6.45) is 1.54. The fraction of sp³-hybridized carbons (Fsp3) is 0.0909. The lowest BCUT2D eigenvalue weighted by molar-refractivity contribution is -0.123. The molecule has 0 spiro atoms. The summed E-state index contributed by atoms with van der Waals surface area (Å²) in [6, 6.07) is 24.1. The zero-order chi connectivity index (χ0) is 19.6. The molecule has 3 aromatic carbocycles. The van der Waals surface area contributed by atoms with Crippen LogP contribution >= 0.6 is 11.6 Å². The van der Waals surface area contributed by atoms with E-state index in [1.54, 1.807) is 30.5 Å². The smallest absolute Gasteiger partial charge is 0.277 e. The van der Waals surface area contributed by atoms with Gasteiger partial charge in [0.2, 0.25) is 0 Å². The van der Waals surface area contributed by atoms with Crippen LogP contribution in [-0.4, -0.2) is 18.7 Å². The van der Waals surface area contributed by atoms with Gasteiger partial charge in [0, 0.05) is 10.6 Å². The van der Waals surface area contributed by atoms with Crippen LogP contribution in [0.1, 0.15) is 11.1 Å². The summed E-state index contributed by atoms with van der Waals surface area (Å²) in [7, 11) is 0. The predicted molar refractivity (Wildman–Crippen MR) is 110 cm³/mol. The highest BCUT2D eigenvalue weighted by molar-refractivity contribution is 6.30. The third-order valence-electron chi connectivity index (χ3n) is 3.73. The molecule has 1 N–H and O–H groups in total. The lowest BCUT2D eigenvalue weighted by Crippen LogP contribution is -2.24. The van der Waals surface area contributed by atoms with Crippen LogP contribution in [0.25, 0.3) is 0 Å². The van der Waals surface area contributed by atoms with Crippen molar-refractivity contribution in [1.82, 2.24) is 5.43 Å². The second kappa shape index (κ2) is 10.1. The molecule has 6 heteroatoms. The van der Waals surface area contributed by atoms with Gasteiger partial charge in [-0.15, -0.1) is 0 Å². The van der Waals surface area contributed by atoms with Crippen molar-refractivity contribution in [1.29, 1.82) is 0 Å². The van der Waals surface area contributed by atoms with Crippen LogP contribution in [0.4, 0.5) is 0 Å². The minimum absolute atomic E-state index is 0.148. The van der Waals surface area contributed by atoms with Crippen LogP contribution in [0, 0.1) is 0 Å². The number of hydrogen-bond donors (Lipinski definition) is 1. The van der Waals surface area contributed by atoms with Crippen molar-refractivity contribution in [3.63, 3.8) is 0 Å². The van der Waals surface area contributed by atoms with Gasteiger partial charge in [0.1, 0.15) is 18.1 Å². The first-order chi connectivity index (χ1) is 13.7. The average molecular weight is 395 g/mol. The molecule has 1 amide bonds. The van der Waals surface area contributed by atoms with Crippen LogP contribution in [0.3, 0.4) is 0 Å². The fourth-order valence-electron chi connectivity index (χ4n) is 2.34. The Morgan fingerprint density at radius 1 is 0.929 bits per heavy atom. The molecule has 0 aliphatic rings. The van der Waals surface area contributed by atoms with E-state index in [4.69, 9.17) is 21.1 Å². The molecule has 0 bridgehead atoms. The third-order valence-corrected chi connectivity index (χ3v) is 3.98. The van der Waals surface area contributed by atoms with E-state index in [1.807, 2.05) is 54.6 Å². The lowest BCUT2D eigenvalue weighted by atomic mass is 10.2. The Hall–Kier alpha value is -3.31. The molecule has 28 heavy (non-hydrogen) atoms. The van der Waals surface area contributed by atoms with Crippen molar-refractivity contribution in [3.05, 3.63) is 95.0 Å². The van der Waals surface area contributed by atoms with E-state index in [0.717, 1.165) is 11.1 Å². The molecule has 0 unspecified atom stereocenters. The number of nitrogens with one attached hydrogen (secondary N) is 1. The van der Waals surface area contributed by atoms with E-state index in [0.29, 0.717) is 23.1 Å². The number of rotatable bonds is 8. The minimum Gasteiger partial charge on any atom is -0.488 e. The van der Waals surface area contributed by atoms with Gasteiger partial charge in [0.25, 0.3) is 5.91 Å². The van der Waals surface area contributed by atoms with E-state index in [2.05, 4.69) is 10.5 Å². The van der Waals surface area contributed by atoms with Crippen molar-refractivity contribution in [2.45, 2.75) is 6.61 Å². The summed E-state index contributed by atoms with van der Waals surface area (Å²) in [5.74, 6) is 0.874. The molecular formula is C22H19ClN2O3. The molecule has 0 fully saturated rings. The summed E-state index contributed by atoms with van der Waals surface area (Å²) < 4.78 is 11.2. The molecule has 3 rings (SSSR count). The van der Waals surface area contributed by atoms with Gasteiger partial charge >= 0.3 is 0 Å². The maximum atomic E-state index is 11.9. The Bertz CT molecular complexity index is 928. The second-order valence-electron chi connectivity index (χ2n) is 5.85. The number of carbonyl (C=O) groups is 1. The minimum atomic E-state index is -0.367. The summed E-state index contributed by atoms with van der Waals surface area (Å²) in [6.45, 7) is 0.304. The van der Waals surface area contributed by atoms with Gasteiger partial charge in [0.15, 0.2) is 6.61 Å². The van der Waals surface area contributed by atoms with Gasteiger partial charge in [-0.1, -0.05) is 54.1 Å². The monoisotopic (exact) mass is 394 g/mol. The molecule has 5 nitrogen and oxygen atoms in total. The maximum absolute atomic E-state index is 11.9. The molecule has 0 saturated heterocycles. The van der Waals surface area contributed by atoms with Gasteiger partial charge in [-0.3, -0.25) is 4.79 Å². The molecule has 0 heterocycles. The maximum Gasteiger partial charge on any atom is 0.277 e. The lowest BCUT2D eigenvalue weighted by Gasteiger charge is -2.09. The number of para-hydroxylation sites is 1. The Morgan fingerprint density at radius 3 is 2.43 bits per heavy atom. The first-order valence-corrected chi connectivity index (χ1v) is 9.04. The number of hydrazone groups is 1. The summed E-state index contributed by atoms with van der Waals surface area (Å²) >= 11 is 5.81. The molecular weight excluding hydrogens is 376 g/mol. The molecule has 0 atom stereocenters. The number of benzene rings is 3. The molecule has 0 aromatic heterocycles. The normalized spacial score (nSPS) is 10.6. The van der Waals surface area contributed by atoms with Gasteiger partial charge in [-0.2, -0.15) is 5.10 Å². The van der Waals surface area contributed by atoms with Crippen LogP contribution in [0.5, 0.6) is 11.5 Å². The largest absolute Gasteiger partial charge is 0.488 e. The first kappa shape index (κ1) is 19.5. The molecule has 0 aliphatic heterocycles. The number of amides is 1. The highest BCUT2D eigenvalue weighted by Crippen LogP contribution is 2.18. The second-order valence-corrected chi connectivity index (χ2v) is 6.28. The highest BCUT2D eigenvalue weighted by atomic mass is 35.5. The molecule has 0 saturated carbocycles. The zero-order valence-corrected chi connectivity index (χ0v) is 15.8. The van der Waals surface area contributed by atoms with Gasteiger partial charge in [-0.25, -0.2) is 5.43 Å². The van der Waals surface area contributed by atoms with Crippen molar-refractivity contribution in [3.8, 4) is 11.5 Å². The number of carbonyl (C=O) groups excluding carboxylic acids is 1. The van der Waals surface area contributed by atoms with Crippen LogP contribution in [-0.2, 0) is 11.4 Å². The third kappa shape index (κ3) is 6.14. The van der Waals surface area contributed by atoms with Crippen molar-refractivity contribution >= 4 is 23.7 Å². The van der Waals surface area contributed by atoms with Gasteiger partial charge < -0.3 is 9.47 Å². The standard InChI is InChI=1S/C22H19ClN2O3/c23-19-10-12-20(13-11-19)27-16-22(26)25-24-14-18-8-4-5-9-21(18)28-15-17-6-2-1-3-7-17/h1-14H,15-16H2,(H,25,26)/b24-14-. The Kier molecular flexibility index (Phi) is 7.04. The Balaban J connectivity index is 1.50. The number of ether oxygens (including phenoxy) is 2. The highest BCUT2D eigenvalue weighted by Gasteiger charge is 2.03. The van der Waals surface area contributed by atoms with Crippen molar-refractivity contribution in [2.24, 2.45) is 5.10 Å². The molecule has 0 aliphatic carbocycles. The van der Waals surface area contributed by atoms with E-state index in [-0.39, 0.29) is 12.5 Å². The summed E-state index contributed by atoms with van der Waals surface area (Å²) in [5.41, 5.74) is 4.27. The topological polar surface area (TPSA) is 59.9 Å². The molecule has 0 radical (unpaired) electrons. The summed E-state index contributed by atoms with van der Waals surface area (Å²) in [4.78, 5) is 11.9. The van der Waals surface area contributed by atoms with Crippen molar-refractivity contribution < 1.29 is 14.3 Å². The average Bonchev–Trinajstić information content (AvgIpc) is 2.73. The van der Waals surface area contributed by atoms with Crippen LogP contribution in [0.15, 0.2) is 84.0 Å². The van der Waals surface area contributed by atoms with Crippen LogP contribution in [0.2, 0.25) is 5.02 Å². The van der Waals surface area contributed by atoms with E-state index in [1.165, 1.54) is 0 Å². The Morgan fingerprint density at radius 2 is 1.64 bits per heavy atom. The Labute approximate surface area is 168 Å². The fourth-order valence-corrected chi connectivity index (χ4v) is 2.47. The molecule has 3 aromatic rings. The van der Waals surface area contributed by atoms with E-state index >= 15 is 0 Å². The van der Waals surface area contributed by atoms with Gasteiger partial charge in [0.05, 0.1) is 6.21 Å². The number of halogens is 1. The zero-order valence-electron chi connectivity index (χ0n) is 15.0. The number of hydrogen-bond acceptors (Lipinski definition) is 4. The molecule has 142 valence electrons. The van der Waals surface area contributed by atoms with E-state index in [9.17, 15) is 4.79 Å². The van der Waals surface area contributed by atoms with Crippen LogP contribution < -0.4 is 14.9 Å². The predicted octanol–water partition coefficient (Wildman–Crippen LogP) is 4.45. The summed E-state index contributed by atoms with van der Waals surface area (Å²) in [5, 5.41) is 4.58. The van der Waals surface area contributed by atoms with Gasteiger partial charge in [-0.05, 0) is 42.0 Å². The van der Waals surface area contributed by atoms with Crippen molar-refractivity contribution in [2.75, 3.05) is 6.61 Å². The van der Waals surface area contributed by atoms with E-state index < -0.39 is 0 Å². The SMILES string of the molecule is O=C(COc1ccc(Cl)cc1)N/N=C\c1ccccc1OCc1ccccc1. The quantitative estimate of drug-likeness (QED) is 0.453. The number of nitrogens with zero attached hydrogens (tertiary/aromatic N) is 1.